The maximum absolute atomic E-state index is 13.3. The number of nitrogens with zero attached hydrogens (tertiary/aromatic N) is 9. The number of aromatic nitrogens is 8. The molecule has 1 unspecified atom stereocenters. The molecule has 5 aromatic heterocycles. The molecule has 1 aliphatic heterocycles. The van der Waals surface area contributed by atoms with E-state index in [9.17, 15) is 13.2 Å². The van der Waals surface area contributed by atoms with E-state index < -0.39 is 11.7 Å². The van der Waals surface area contributed by atoms with Gasteiger partial charge in [0.1, 0.15) is 17.2 Å². The number of aryl methyl sites for hydroxylation is 1. The SMILES string of the molecule is Cn1cc(CN2CCN(c3ccnc(-c4cnc5ccc(C(F)(F)F)cn45)n3)CC2c2cn[nH]c2)cn1. The molecule has 0 bridgehead atoms. The predicted octanol–water partition coefficient (Wildman–Crippen LogP) is 3.33. The molecule has 6 heterocycles. The largest absolute Gasteiger partial charge is 0.417 e. The topological polar surface area (TPSA) is 96.1 Å². The number of rotatable bonds is 5. The van der Waals surface area contributed by atoms with Crippen LogP contribution in [0.4, 0.5) is 19.0 Å². The third kappa shape index (κ3) is 4.53. The van der Waals surface area contributed by atoms with Crippen LogP contribution in [0.15, 0.2) is 61.6 Å². The predicted molar refractivity (Wildman–Crippen MR) is 128 cm³/mol. The van der Waals surface area contributed by atoms with Gasteiger partial charge >= 0.3 is 6.18 Å². The van der Waals surface area contributed by atoms with Gasteiger partial charge in [0.2, 0.25) is 0 Å². The van der Waals surface area contributed by atoms with Crippen molar-refractivity contribution in [2.75, 3.05) is 24.5 Å². The second-order valence-electron chi connectivity index (χ2n) is 9.01. The van der Waals surface area contributed by atoms with Gasteiger partial charge in [-0.1, -0.05) is 0 Å². The first-order valence-corrected chi connectivity index (χ1v) is 11.7. The Morgan fingerprint density at radius 2 is 1.95 bits per heavy atom. The Kier molecular flexibility index (Phi) is 5.63. The number of hydrogen-bond donors (Lipinski definition) is 1. The second-order valence-corrected chi connectivity index (χ2v) is 9.01. The number of aromatic amines is 1. The molecule has 0 saturated carbocycles. The van der Waals surface area contributed by atoms with Crippen LogP contribution in [0.5, 0.6) is 0 Å². The molecule has 1 fully saturated rings. The van der Waals surface area contributed by atoms with Gasteiger partial charge in [0.05, 0.1) is 30.2 Å². The first-order chi connectivity index (χ1) is 17.8. The van der Waals surface area contributed by atoms with E-state index in [1.807, 2.05) is 37.9 Å². The summed E-state index contributed by atoms with van der Waals surface area (Å²) in [5.41, 5.74) is 2.21. The molecule has 1 aliphatic rings. The molecule has 0 radical (unpaired) electrons. The summed E-state index contributed by atoms with van der Waals surface area (Å²) in [5, 5.41) is 11.3. The number of imidazole rings is 1. The Morgan fingerprint density at radius 3 is 2.70 bits per heavy atom. The Bertz CT molecular complexity index is 1520. The summed E-state index contributed by atoms with van der Waals surface area (Å²) in [5.74, 6) is 1.00. The van der Waals surface area contributed by atoms with Crippen molar-refractivity contribution in [1.29, 1.82) is 0 Å². The molecule has 0 amide bonds. The van der Waals surface area contributed by atoms with Crippen molar-refractivity contribution < 1.29 is 13.2 Å². The summed E-state index contributed by atoms with van der Waals surface area (Å²) < 4.78 is 43.1. The summed E-state index contributed by atoms with van der Waals surface area (Å²) in [4.78, 5) is 17.8. The highest BCUT2D eigenvalue weighted by Crippen LogP contribution is 2.32. The molecular formula is C24H23F3N10. The van der Waals surface area contributed by atoms with Gasteiger partial charge in [0.25, 0.3) is 0 Å². The molecule has 1 saturated heterocycles. The third-order valence-corrected chi connectivity index (χ3v) is 6.57. The summed E-state index contributed by atoms with van der Waals surface area (Å²) in [6, 6.07) is 4.23. The molecule has 0 aromatic carbocycles. The van der Waals surface area contributed by atoms with E-state index in [1.54, 1.807) is 10.9 Å². The fourth-order valence-electron chi connectivity index (χ4n) is 4.73. The van der Waals surface area contributed by atoms with E-state index in [2.05, 4.69) is 35.1 Å². The number of fused-ring (bicyclic) bond motifs is 1. The Labute approximate surface area is 209 Å². The number of H-pyrrole nitrogens is 1. The zero-order valence-electron chi connectivity index (χ0n) is 19.8. The first-order valence-electron chi connectivity index (χ1n) is 11.7. The second kappa shape index (κ2) is 9.00. The van der Waals surface area contributed by atoms with Crippen molar-refractivity contribution in [2.45, 2.75) is 18.8 Å². The number of anilines is 1. The number of hydrogen-bond acceptors (Lipinski definition) is 7. The Morgan fingerprint density at radius 1 is 1.05 bits per heavy atom. The van der Waals surface area contributed by atoms with Crippen molar-refractivity contribution in [3.8, 4) is 11.5 Å². The van der Waals surface area contributed by atoms with Crippen LogP contribution >= 0.6 is 0 Å². The smallest absolute Gasteiger partial charge is 0.353 e. The number of alkyl halides is 3. The summed E-state index contributed by atoms with van der Waals surface area (Å²) in [6.07, 6.45) is 7.29. The molecule has 190 valence electrons. The van der Waals surface area contributed by atoms with Gasteiger partial charge in [-0.15, -0.1) is 0 Å². The van der Waals surface area contributed by atoms with Gasteiger partial charge in [0, 0.05) is 69.1 Å². The van der Waals surface area contributed by atoms with Crippen LogP contribution in [0.25, 0.3) is 17.2 Å². The van der Waals surface area contributed by atoms with Crippen LogP contribution in [-0.4, -0.2) is 63.9 Å². The van der Waals surface area contributed by atoms with Crippen LogP contribution in [0, 0.1) is 0 Å². The standard InChI is InChI=1S/C24H23F3N10/c1-34-12-16(8-32-34)13-35-6-7-36(15-20(35)17-9-30-31-10-17)22-4-5-28-23(33-22)19-11-29-21-3-2-18(14-37(19)21)24(25,26)27/h2-5,8-12,14,20H,6-7,13,15H2,1H3,(H,30,31). The molecule has 0 spiro atoms. The van der Waals surface area contributed by atoms with Crippen LogP contribution in [0.3, 0.4) is 0 Å². The minimum atomic E-state index is -4.46. The Hall–Kier alpha value is -4.26. The minimum Gasteiger partial charge on any atom is -0.353 e. The lowest BCUT2D eigenvalue weighted by atomic mass is 10.1. The molecule has 5 aromatic rings. The molecule has 6 rings (SSSR count). The van der Waals surface area contributed by atoms with Gasteiger partial charge in [-0.2, -0.15) is 23.4 Å². The zero-order chi connectivity index (χ0) is 25.6. The van der Waals surface area contributed by atoms with Crippen molar-refractivity contribution in [1.82, 2.24) is 44.2 Å². The highest BCUT2D eigenvalue weighted by Gasteiger charge is 2.32. The number of nitrogens with one attached hydrogen (secondary N) is 1. The van der Waals surface area contributed by atoms with Gasteiger partial charge in [0.15, 0.2) is 5.82 Å². The lowest BCUT2D eigenvalue weighted by Gasteiger charge is -2.41. The van der Waals surface area contributed by atoms with Crippen molar-refractivity contribution in [3.05, 3.63) is 78.3 Å². The number of piperazine rings is 1. The van der Waals surface area contributed by atoms with Gasteiger partial charge < -0.3 is 4.90 Å². The average molecular weight is 509 g/mol. The zero-order valence-corrected chi connectivity index (χ0v) is 19.8. The molecule has 13 heteroatoms. The maximum atomic E-state index is 13.3. The van der Waals surface area contributed by atoms with Gasteiger partial charge in [-0.25, -0.2) is 15.0 Å². The minimum absolute atomic E-state index is 0.0521. The fraction of sp³-hybridized carbons (Fsp3) is 0.292. The van der Waals surface area contributed by atoms with Crippen molar-refractivity contribution >= 4 is 11.5 Å². The van der Waals surface area contributed by atoms with Crippen molar-refractivity contribution in [2.24, 2.45) is 7.05 Å². The van der Waals surface area contributed by atoms with E-state index >= 15 is 0 Å². The van der Waals surface area contributed by atoms with Crippen molar-refractivity contribution in [3.63, 3.8) is 0 Å². The highest BCUT2D eigenvalue weighted by atomic mass is 19.4. The summed E-state index contributed by atoms with van der Waals surface area (Å²) in [7, 11) is 1.90. The number of halogens is 3. The maximum Gasteiger partial charge on any atom is 0.417 e. The lowest BCUT2D eigenvalue weighted by molar-refractivity contribution is -0.137. The third-order valence-electron chi connectivity index (χ3n) is 6.57. The lowest BCUT2D eigenvalue weighted by Crippen LogP contribution is -2.48. The van der Waals surface area contributed by atoms with E-state index in [4.69, 9.17) is 4.98 Å². The average Bonchev–Trinajstić information content (AvgIpc) is 3.65. The Balaban J connectivity index is 1.29. The van der Waals surface area contributed by atoms with Crippen LogP contribution < -0.4 is 4.90 Å². The van der Waals surface area contributed by atoms with E-state index in [-0.39, 0.29) is 6.04 Å². The van der Waals surface area contributed by atoms with E-state index in [1.165, 1.54) is 16.7 Å². The fourth-order valence-corrected chi connectivity index (χ4v) is 4.73. The van der Waals surface area contributed by atoms with E-state index in [0.717, 1.165) is 43.0 Å². The summed E-state index contributed by atoms with van der Waals surface area (Å²) in [6.45, 7) is 2.89. The molecule has 1 N–H and O–H groups in total. The molecule has 0 aliphatic carbocycles. The summed E-state index contributed by atoms with van der Waals surface area (Å²) >= 11 is 0. The first kappa shape index (κ1) is 23.2. The highest BCUT2D eigenvalue weighted by molar-refractivity contribution is 5.59. The molecule has 10 nitrogen and oxygen atoms in total. The normalized spacial score (nSPS) is 17.1. The molecule has 1 atom stereocenters. The number of pyridine rings is 1. The van der Waals surface area contributed by atoms with Crippen LogP contribution in [-0.2, 0) is 19.8 Å². The van der Waals surface area contributed by atoms with Gasteiger partial charge in [-0.3, -0.25) is 19.1 Å². The quantitative estimate of drug-likeness (QED) is 0.389. The van der Waals surface area contributed by atoms with Crippen LogP contribution in [0.1, 0.15) is 22.7 Å². The monoisotopic (exact) mass is 508 g/mol. The molecular weight excluding hydrogens is 485 g/mol. The molecule has 37 heavy (non-hydrogen) atoms. The van der Waals surface area contributed by atoms with Crippen LogP contribution in [0.2, 0.25) is 0 Å². The van der Waals surface area contributed by atoms with E-state index in [0.29, 0.717) is 29.5 Å². The van der Waals surface area contributed by atoms with Gasteiger partial charge in [-0.05, 0) is 18.2 Å².